The molecule has 0 radical (unpaired) electrons. The number of carbonyl (C=O) groups excluding carboxylic acids is 2. The fourth-order valence-electron chi connectivity index (χ4n) is 2.80. The average molecular weight is 409 g/mol. The molecule has 0 saturated heterocycles. The number of amides is 1. The fourth-order valence-corrected chi connectivity index (χ4v) is 2.80. The van der Waals surface area contributed by atoms with Crippen molar-refractivity contribution in [3.8, 4) is 11.5 Å². The minimum absolute atomic E-state index is 0.0602. The largest absolute Gasteiger partial charge is 0.482 e. The van der Waals surface area contributed by atoms with E-state index >= 15 is 0 Å². The van der Waals surface area contributed by atoms with E-state index in [1.807, 2.05) is 32.0 Å². The van der Waals surface area contributed by atoms with Crippen LogP contribution in [0.2, 0.25) is 0 Å². The molecule has 1 N–H and O–H groups in total. The number of para-hydroxylation sites is 1. The van der Waals surface area contributed by atoms with Gasteiger partial charge in [0.15, 0.2) is 6.61 Å². The third-order valence-electron chi connectivity index (χ3n) is 4.44. The molecule has 0 fully saturated rings. The predicted octanol–water partition coefficient (Wildman–Crippen LogP) is 3.62. The number of esters is 1. The van der Waals surface area contributed by atoms with E-state index in [0.717, 1.165) is 18.4 Å². The van der Waals surface area contributed by atoms with Crippen molar-refractivity contribution in [2.45, 2.75) is 26.7 Å². The summed E-state index contributed by atoms with van der Waals surface area (Å²) >= 11 is 0. The summed E-state index contributed by atoms with van der Waals surface area (Å²) in [5, 5.41) is 3.24. The van der Waals surface area contributed by atoms with Gasteiger partial charge in [0.1, 0.15) is 22.6 Å². The minimum Gasteiger partial charge on any atom is -0.482 e. The molecule has 7 heteroatoms. The smallest absolute Gasteiger partial charge is 0.349 e. The third kappa shape index (κ3) is 5.26. The molecule has 0 spiro atoms. The molecule has 0 unspecified atom stereocenters. The van der Waals surface area contributed by atoms with Gasteiger partial charge in [0.2, 0.25) is 0 Å². The van der Waals surface area contributed by atoms with Crippen LogP contribution in [0.5, 0.6) is 11.5 Å². The van der Waals surface area contributed by atoms with E-state index in [9.17, 15) is 14.4 Å². The van der Waals surface area contributed by atoms with E-state index < -0.39 is 17.5 Å². The molecule has 30 heavy (non-hydrogen) atoms. The van der Waals surface area contributed by atoms with Gasteiger partial charge in [-0.05, 0) is 43.2 Å². The number of benzene rings is 2. The van der Waals surface area contributed by atoms with E-state index in [1.54, 1.807) is 18.2 Å². The Balaban J connectivity index is 1.68. The van der Waals surface area contributed by atoms with Gasteiger partial charge in [-0.2, -0.15) is 0 Å². The lowest BCUT2D eigenvalue weighted by atomic mass is 10.1. The molecule has 0 saturated carbocycles. The van der Waals surface area contributed by atoms with Crippen LogP contribution in [0.1, 0.15) is 35.7 Å². The van der Waals surface area contributed by atoms with Gasteiger partial charge in [0, 0.05) is 18.0 Å². The predicted molar refractivity (Wildman–Crippen MR) is 112 cm³/mol. The Morgan fingerprint density at radius 3 is 2.67 bits per heavy atom. The number of hydrogen-bond donors (Lipinski definition) is 1. The molecule has 0 aliphatic heterocycles. The number of carbonyl (C=O) groups is 2. The van der Waals surface area contributed by atoms with E-state index in [4.69, 9.17) is 13.9 Å². The van der Waals surface area contributed by atoms with Crippen LogP contribution in [0.15, 0.2) is 57.7 Å². The molecule has 156 valence electrons. The highest BCUT2D eigenvalue weighted by Gasteiger charge is 2.14. The average Bonchev–Trinajstić information content (AvgIpc) is 2.72. The van der Waals surface area contributed by atoms with Gasteiger partial charge in [-0.25, -0.2) is 9.59 Å². The summed E-state index contributed by atoms with van der Waals surface area (Å²) in [6.45, 7) is 4.12. The Kier molecular flexibility index (Phi) is 6.85. The lowest BCUT2D eigenvalue weighted by Gasteiger charge is -2.09. The van der Waals surface area contributed by atoms with Gasteiger partial charge in [-0.1, -0.05) is 31.5 Å². The zero-order valence-electron chi connectivity index (χ0n) is 16.9. The molecular weight excluding hydrogens is 386 g/mol. The van der Waals surface area contributed by atoms with Crippen LogP contribution in [0.25, 0.3) is 11.0 Å². The Labute approximate surface area is 173 Å². The second-order valence-electron chi connectivity index (χ2n) is 6.78. The van der Waals surface area contributed by atoms with Crippen LogP contribution in [0, 0.1) is 6.92 Å². The molecule has 0 aliphatic rings. The van der Waals surface area contributed by atoms with Gasteiger partial charge in [0.05, 0.1) is 0 Å². The molecule has 1 aromatic heterocycles. The van der Waals surface area contributed by atoms with Crippen LogP contribution >= 0.6 is 0 Å². The maximum atomic E-state index is 12.2. The molecule has 0 bridgehead atoms. The first-order chi connectivity index (χ1) is 14.5. The summed E-state index contributed by atoms with van der Waals surface area (Å²) < 4.78 is 16.0. The number of unbranched alkanes of at least 4 members (excludes halogenated alkanes) is 1. The van der Waals surface area contributed by atoms with Crippen LogP contribution in [0.4, 0.5) is 0 Å². The first kappa shape index (κ1) is 21.1. The summed E-state index contributed by atoms with van der Waals surface area (Å²) in [6.07, 6.45) is 1.76. The summed E-state index contributed by atoms with van der Waals surface area (Å²) in [7, 11) is 0. The van der Waals surface area contributed by atoms with E-state index in [0.29, 0.717) is 17.7 Å². The van der Waals surface area contributed by atoms with Crippen molar-refractivity contribution in [3.05, 3.63) is 70.1 Å². The second kappa shape index (κ2) is 9.73. The monoisotopic (exact) mass is 409 g/mol. The van der Waals surface area contributed by atoms with E-state index in [1.165, 1.54) is 12.1 Å². The van der Waals surface area contributed by atoms with Crippen LogP contribution < -0.4 is 20.4 Å². The SMILES string of the molecule is CCCCNC(=O)c1cc2ccc(OC(=O)COc3ccccc3C)cc2oc1=O. The van der Waals surface area contributed by atoms with Crippen molar-refractivity contribution in [1.82, 2.24) is 5.32 Å². The lowest BCUT2D eigenvalue weighted by molar-refractivity contribution is -0.136. The van der Waals surface area contributed by atoms with E-state index in [2.05, 4.69) is 5.32 Å². The van der Waals surface area contributed by atoms with Crippen molar-refractivity contribution in [3.63, 3.8) is 0 Å². The Hall–Kier alpha value is -3.61. The molecule has 1 amide bonds. The Morgan fingerprint density at radius 2 is 1.90 bits per heavy atom. The van der Waals surface area contributed by atoms with Crippen molar-refractivity contribution >= 4 is 22.8 Å². The number of rotatable bonds is 8. The first-order valence-electron chi connectivity index (χ1n) is 9.73. The van der Waals surface area contributed by atoms with Gasteiger partial charge >= 0.3 is 11.6 Å². The highest BCUT2D eigenvalue weighted by molar-refractivity contribution is 5.96. The molecule has 0 atom stereocenters. The van der Waals surface area contributed by atoms with Crippen molar-refractivity contribution in [1.29, 1.82) is 0 Å². The van der Waals surface area contributed by atoms with E-state index in [-0.39, 0.29) is 23.5 Å². The van der Waals surface area contributed by atoms with Crippen LogP contribution in [0.3, 0.4) is 0 Å². The lowest BCUT2D eigenvalue weighted by Crippen LogP contribution is -2.28. The Morgan fingerprint density at radius 1 is 1.10 bits per heavy atom. The van der Waals surface area contributed by atoms with Gasteiger partial charge in [-0.15, -0.1) is 0 Å². The number of fused-ring (bicyclic) bond motifs is 1. The quantitative estimate of drug-likeness (QED) is 0.264. The molecule has 1 heterocycles. The zero-order valence-corrected chi connectivity index (χ0v) is 16.9. The molecule has 3 rings (SSSR count). The molecule has 7 nitrogen and oxygen atoms in total. The molecular formula is C23H23NO6. The highest BCUT2D eigenvalue weighted by atomic mass is 16.6. The van der Waals surface area contributed by atoms with Crippen LogP contribution in [-0.2, 0) is 4.79 Å². The third-order valence-corrected chi connectivity index (χ3v) is 4.44. The number of ether oxygens (including phenoxy) is 2. The topological polar surface area (TPSA) is 94.8 Å². The number of aryl methyl sites for hydroxylation is 1. The van der Waals surface area contributed by atoms with Crippen molar-refractivity contribution < 1.29 is 23.5 Å². The Bertz CT molecular complexity index is 1120. The van der Waals surface area contributed by atoms with Gasteiger partial charge in [0.25, 0.3) is 5.91 Å². The van der Waals surface area contributed by atoms with Crippen molar-refractivity contribution in [2.24, 2.45) is 0 Å². The van der Waals surface area contributed by atoms with Gasteiger partial charge < -0.3 is 19.2 Å². The summed E-state index contributed by atoms with van der Waals surface area (Å²) in [5.74, 6) is -0.247. The highest BCUT2D eigenvalue weighted by Crippen LogP contribution is 2.21. The minimum atomic E-state index is -0.747. The molecule has 0 aliphatic carbocycles. The number of hydrogen-bond acceptors (Lipinski definition) is 6. The fraction of sp³-hybridized carbons (Fsp3) is 0.261. The number of nitrogens with one attached hydrogen (secondary N) is 1. The normalized spacial score (nSPS) is 10.6. The second-order valence-corrected chi connectivity index (χ2v) is 6.78. The maximum absolute atomic E-state index is 12.2. The maximum Gasteiger partial charge on any atom is 0.349 e. The molecule has 2 aromatic carbocycles. The summed E-state index contributed by atoms with van der Waals surface area (Å²) in [5.41, 5.74) is 0.320. The summed E-state index contributed by atoms with van der Waals surface area (Å²) in [4.78, 5) is 36.4. The summed E-state index contributed by atoms with van der Waals surface area (Å²) in [6, 6.07) is 13.4. The first-order valence-corrected chi connectivity index (χ1v) is 9.73. The van der Waals surface area contributed by atoms with Crippen molar-refractivity contribution in [2.75, 3.05) is 13.2 Å². The molecule has 3 aromatic rings. The van der Waals surface area contributed by atoms with Gasteiger partial charge in [-0.3, -0.25) is 4.79 Å². The van der Waals surface area contributed by atoms with Crippen LogP contribution in [-0.4, -0.2) is 25.0 Å². The standard InChI is InChI=1S/C23H23NO6/c1-3-4-11-24-22(26)18-12-16-9-10-17(13-20(16)30-23(18)27)29-21(25)14-28-19-8-6-5-7-15(19)2/h5-10,12-13H,3-4,11,14H2,1-2H3,(H,24,26). The zero-order chi connectivity index (χ0) is 21.5.